The van der Waals surface area contributed by atoms with Gasteiger partial charge in [0.15, 0.2) is 5.11 Å². The lowest BCUT2D eigenvalue weighted by Gasteiger charge is -2.36. The molecule has 10 heteroatoms. The number of carbonyl (C=O) groups is 2. The smallest absolute Gasteiger partial charge is 0.264 e. The quantitative estimate of drug-likeness (QED) is 0.326. The molecule has 0 aliphatic carbocycles. The van der Waals surface area contributed by atoms with Gasteiger partial charge in [-0.15, -0.1) is 11.3 Å². The lowest BCUT2D eigenvalue weighted by atomic mass is 10.2. The predicted molar refractivity (Wildman–Crippen MR) is 149 cm³/mol. The van der Waals surface area contributed by atoms with Crippen molar-refractivity contribution in [1.82, 2.24) is 10.2 Å². The van der Waals surface area contributed by atoms with Crippen molar-refractivity contribution in [3.05, 3.63) is 86.5 Å². The minimum Gasteiger partial charge on any atom is -0.367 e. The topological polar surface area (TPSA) is 64.7 Å². The highest BCUT2D eigenvalue weighted by Crippen LogP contribution is 2.30. The van der Waals surface area contributed by atoms with Crippen LogP contribution in [0.4, 0.5) is 11.4 Å². The third kappa shape index (κ3) is 6.82. The fourth-order valence-electron chi connectivity index (χ4n) is 3.61. The number of anilines is 2. The maximum absolute atomic E-state index is 12.6. The van der Waals surface area contributed by atoms with Crippen LogP contribution in [0, 0.1) is 0 Å². The monoisotopic (exact) mass is 544 g/mol. The Bertz CT molecular complexity index is 1240. The molecule has 1 fully saturated rings. The summed E-state index contributed by atoms with van der Waals surface area (Å²) < 4.78 is 0. The van der Waals surface area contributed by atoms with Crippen LogP contribution in [0.2, 0.25) is 10.0 Å². The van der Waals surface area contributed by atoms with Gasteiger partial charge in [0.05, 0.1) is 15.6 Å². The van der Waals surface area contributed by atoms with Gasteiger partial charge in [0.2, 0.25) is 5.91 Å². The SMILES string of the molecule is O=C(/C=C/c1ccc(Cl)cc1)NC(=S)Nc1ccc(N2CCN(C(=O)c3cccs3)CC2)c(Cl)c1. The molecule has 0 spiro atoms. The number of benzene rings is 2. The Morgan fingerprint density at radius 3 is 2.40 bits per heavy atom. The van der Waals surface area contributed by atoms with Gasteiger partial charge in [-0.05, 0) is 65.6 Å². The van der Waals surface area contributed by atoms with Gasteiger partial charge in [-0.2, -0.15) is 0 Å². The summed E-state index contributed by atoms with van der Waals surface area (Å²) in [7, 11) is 0. The van der Waals surface area contributed by atoms with Crippen molar-refractivity contribution in [3.8, 4) is 0 Å². The molecular weight excluding hydrogens is 523 g/mol. The van der Waals surface area contributed by atoms with E-state index in [9.17, 15) is 9.59 Å². The summed E-state index contributed by atoms with van der Waals surface area (Å²) >= 11 is 19.1. The lowest BCUT2D eigenvalue weighted by Crippen LogP contribution is -2.48. The van der Waals surface area contributed by atoms with Gasteiger partial charge < -0.3 is 15.1 Å². The van der Waals surface area contributed by atoms with E-state index in [4.69, 9.17) is 35.4 Å². The number of nitrogens with one attached hydrogen (secondary N) is 2. The minimum atomic E-state index is -0.352. The molecule has 0 atom stereocenters. The van der Waals surface area contributed by atoms with E-state index < -0.39 is 0 Å². The second-order valence-electron chi connectivity index (χ2n) is 7.75. The largest absolute Gasteiger partial charge is 0.367 e. The first-order valence-electron chi connectivity index (χ1n) is 10.8. The van der Waals surface area contributed by atoms with Crippen LogP contribution in [0.1, 0.15) is 15.2 Å². The third-order valence-corrected chi connectivity index (χ3v) is 7.00. The number of carbonyl (C=O) groups excluding carboxylic acids is 2. The Hall–Kier alpha value is -2.91. The third-order valence-electron chi connectivity index (χ3n) is 5.38. The second kappa shape index (κ2) is 11.7. The number of nitrogens with zero attached hydrogens (tertiary/aromatic N) is 2. The van der Waals surface area contributed by atoms with E-state index in [0.717, 1.165) is 16.1 Å². The molecule has 0 bridgehead atoms. The molecule has 2 N–H and O–H groups in total. The van der Waals surface area contributed by atoms with Crippen LogP contribution in [0.15, 0.2) is 66.1 Å². The molecular formula is C25H22Cl2N4O2S2. The summed E-state index contributed by atoms with van der Waals surface area (Å²) in [5.74, 6) is -0.279. The van der Waals surface area contributed by atoms with E-state index in [1.165, 1.54) is 17.4 Å². The van der Waals surface area contributed by atoms with Gasteiger partial charge in [0.25, 0.3) is 5.91 Å². The molecule has 1 aliphatic rings. The summed E-state index contributed by atoms with van der Waals surface area (Å²) in [6, 6.07) is 16.4. The minimum absolute atomic E-state index is 0.0730. The van der Waals surface area contributed by atoms with Crippen molar-refractivity contribution in [2.45, 2.75) is 0 Å². The second-order valence-corrected chi connectivity index (χ2v) is 9.95. The van der Waals surface area contributed by atoms with Gasteiger partial charge in [-0.1, -0.05) is 41.4 Å². The zero-order valence-electron chi connectivity index (χ0n) is 18.5. The van der Waals surface area contributed by atoms with Crippen LogP contribution >= 0.6 is 46.8 Å². The Balaban J connectivity index is 1.28. The molecule has 35 heavy (non-hydrogen) atoms. The summed E-state index contributed by atoms with van der Waals surface area (Å²) in [4.78, 5) is 29.5. The summed E-state index contributed by atoms with van der Waals surface area (Å²) in [5.41, 5.74) is 2.40. The van der Waals surface area contributed by atoms with Crippen molar-refractivity contribution >= 4 is 81.1 Å². The first-order valence-corrected chi connectivity index (χ1v) is 12.9. The van der Waals surface area contributed by atoms with Crippen LogP contribution < -0.4 is 15.5 Å². The van der Waals surface area contributed by atoms with Gasteiger partial charge in [0, 0.05) is 43.0 Å². The molecule has 0 saturated carbocycles. The van der Waals surface area contributed by atoms with Crippen LogP contribution in [0.5, 0.6) is 0 Å². The molecule has 4 rings (SSSR count). The number of thiophene rings is 1. The molecule has 6 nitrogen and oxygen atoms in total. The average molecular weight is 546 g/mol. The molecule has 2 aromatic carbocycles. The molecule has 180 valence electrons. The number of hydrogen-bond acceptors (Lipinski definition) is 5. The maximum atomic E-state index is 12.6. The zero-order valence-corrected chi connectivity index (χ0v) is 21.7. The zero-order chi connectivity index (χ0) is 24.8. The number of rotatable bonds is 5. The van der Waals surface area contributed by atoms with Crippen LogP contribution in [0.25, 0.3) is 6.08 Å². The molecule has 1 saturated heterocycles. The standard InChI is InChI=1S/C25H22Cl2N4O2S2/c26-18-6-3-17(4-7-18)5-10-23(32)29-25(34)28-19-8-9-21(20(27)16-19)30-11-13-31(14-12-30)24(33)22-2-1-15-35-22/h1-10,15-16H,11-14H2,(H2,28,29,32,34)/b10-5+. The van der Waals surface area contributed by atoms with E-state index in [0.29, 0.717) is 41.9 Å². The number of halogens is 2. The van der Waals surface area contributed by atoms with E-state index >= 15 is 0 Å². The van der Waals surface area contributed by atoms with Gasteiger partial charge in [-0.3, -0.25) is 14.9 Å². The molecule has 2 heterocycles. The van der Waals surface area contributed by atoms with E-state index in [1.807, 2.05) is 46.7 Å². The first kappa shape index (κ1) is 25.2. The molecule has 1 aliphatic heterocycles. The van der Waals surface area contributed by atoms with Crippen molar-refractivity contribution in [2.24, 2.45) is 0 Å². The fourth-order valence-corrected chi connectivity index (χ4v) is 4.94. The average Bonchev–Trinajstić information content (AvgIpc) is 3.38. The molecule has 0 unspecified atom stereocenters. The van der Waals surface area contributed by atoms with Gasteiger partial charge >= 0.3 is 0 Å². The van der Waals surface area contributed by atoms with Gasteiger partial charge in [0.1, 0.15) is 0 Å². The number of piperazine rings is 1. The number of hydrogen-bond donors (Lipinski definition) is 2. The van der Waals surface area contributed by atoms with Crippen LogP contribution in [0.3, 0.4) is 0 Å². The fraction of sp³-hybridized carbons (Fsp3) is 0.160. The van der Waals surface area contributed by atoms with E-state index in [2.05, 4.69) is 15.5 Å². The maximum Gasteiger partial charge on any atom is 0.264 e. The van der Waals surface area contributed by atoms with Crippen molar-refractivity contribution in [1.29, 1.82) is 0 Å². The van der Waals surface area contributed by atoms with Crippen molar-refractivity contribution in [2.75, 3.05) is 36.4 Å². The van der Waals surface area contributed by atoms with Crippen LogP contribution in [-0.4, -0.2) is 48.0 Å². The highest BCUT2D eigenvalue weighted by Gasteiger charge is 2.24. The van der Waals surface area contributed by atoms with E-state index in [-0.39, 0.29) is 16.9 Å². The number of thiocarbonyl (C=S) groups is 1. The Morgan fingerprint density at radius 2 is 1.74 bits per heavy atom. The summed E-state index contributed by atoms with van der Waals surface area (Å²) in [5, 5.41) is 8.86. The molecule has 3 aromatic rings. The molecule has 1 aromatic heterocycles. The summed E-state index contributed by atoms with van der Waals surface area (Å²) in [6.07, 6.45) is 3.07. The summed E-state index contributed by atoms with van der Waals surface area (Å²) in [6.45, 7) is 2.65. The highest BCUT2D eigenvalue weighted by atomic mass is 35.5. The highest BCUT2D eigenvalue weighted by molar-refractivity contribution is 7.80. The van der Waals surface area contributed by atoms with Crippen molar-refractivity contribution < 1.29 is 9.59 Å². The first-order chi connectivity index (χ1) is 16.9. The Morgan fingerprint density at radius 1 is 1.00 bits per heavy atom. The lowest BCUT2D eigenvalue weighted by molar-refractivity contribution is -0.115. The van der Waals surface area contributed by atoms with Gasteiger partial charge in [-0.25, -0.2) is 0 Å². The van der Waals surface area contributed by atoms with Crippen LogP contribution in [-0.2, 0) is 4.79 Å². The number of amides is 2. The molecule has 0 radical (unpaired) electrons. The predicted octanol–water partition coefficient (Wildman–Crippen LogP) is 5.54. The normalized spacial score (nSPS) is 13.7. The Kier molecular flexibility index (Phi) is 8.41. The molecule has 2 amide bonds. The van der Waals surface area contributed by atoms with Crippen molar-refractivity contribution in [3.63, 3.8) is 0 Å². The van der Waals surface area contributed by atoms with E-state index in [1.54, 1.807) is 24.3 Å². The Labute approximate surface area is 223 Å².